The van der Waals surface area contributed by atoms with Crippen LogP contribution < -0.4 is 10.1 Å². The zero-order valence-corrected chi connectivity index (χ0v) is 17.1. The van der Waals surface area contributed by atoms with Crippen LogP contribution in [0.1, 0.15) is 16.8 Å². The second-order valence-electron chi connectivity index (χ2n) is 6.44. The van der Waals surface area contributed by atoms with Gasteiger partial charge in [0.2, 0.25) is 10.0 Å². The van der Waals surface area contributed by atoms with E-state index in [0.717, 1.165) is 19.5 Å². The number of carbonyl (C=O) groups excluding carboxylic acids is 1. The van der Waals surface area contributed by atoms with Crippen LogP contribution in [0.25, 0.3) is 0 Å². The number of likely N-dealkylation sites (N-methyl/N-ethyl adjacent to an activating group) is 1. The lowest BCUT2D eigenvalue weighted by molar-refractivity contribution is 0.0728. The highest BCUT2D eigenvalue weighted by molar-refractivity contribution is 7.89. The minimum absolute atomic E-state index is 0. The second-order valence-corrected chi connectivity index (χ2v) is 8.38. The van der Waals surface area contributed by atoms with E-state index in [9.17, 15) is 13.2 Å². The van der Waals surface area contributed by atoms with Crippen molar-refractivity contribution in [3.05, 3.63) is 23.8 Å². The standard InChI is InChI=1S/C17H25N3O5S.ClH/c1-19(13-5-6-18-12-13)17(21)15-11-14(3-4-16(15)24-2)26(22,23)20-7-9-25-10-8-20;/h3-4,11,13,18H,5-10,12H2,1-2H3;1H. The average molecular weight is 420 g/mol. The number of halogens is 1. The van der Waals surface area contributed by atoms with Crippen LogP contribution in [0.2, 0.25) is 0 Å². The maximum absolute atomic E-state index is 13.0. The van der Waals surface area contributed by atoms with E-state index in [1.165, 1.54) is 23.5 Å². The van der Waals surface area contributed by atoms with Crippen molar-refractivity contribution >= 4 is 28.3 Å². The Morgan fingerprint density at radius 3 is 2.63 bits per heavy atom. The Hall–Kier alpha value is -1.39. The molecule has 27 heavy (non-hydrogen) atoms. The average Bonchev–Trinajstić information content (AvgIpc) is 3.21. The number of ether oxygens (including phenoxy) is 2. The highest BCUT2D eigenvalue weighted by atomic mass is 35.5. The largest absolute Gasteiger partial charge is 0.496 e. The summed E-state index contributed by atoms with van der Waals surface area (Å²) < 4.78 is 37.7. The third-order valence-corrected chi connectivity index (χ3v) is 6.81. The number of rotatable bonds is 5. The summed E-state index contributed by atoms with van der Waals surface area (Å²) in [6.07, 6.45) is 0.871. The van der Waals surface area contributed by atoms with Gasteiger partial charge in [0, 0.05) is 32.7 Å². The van der Waals surface area contributed by atoms with Gasteiger partial charge in [-0.2, -0.15) is 4.31 Å². The molecule has 1 aromatic carbocycles. The first-order valence-electron chi connectivity index (χ1n) is 8.69. The molecule has 0 radical (unpaired) electrons. The van der Waals surface area contributed by atoms with Crippen LogP contribution in [0.5, 0.6) is 5.75 Å². The molecule has 2 saturated heterocycles. The molecule has 1 unspecified atom stereocenters. The summed E-state index contributed by atoms with van der Waals surface area (Å²) in [5.41, 5.74) is 0.260. The molecule has 8 nitrogen and oxygen atoms in total. The van der Waals surface area contributed by atoms with Gasteiger partial charge in [0.05, 0.1) is 30.8 Å². The van der Waals surface area contributed by atoms with Gasteiger partial charge in [0.25, 0.3) is 5.91 Å². The van der Waals surface area contributed by atoms with Gasteiger partial charge in [-0.25, -0.2) is 8.42 Å². The van der Waals surface area contributed by atoms with Crippen LogP contribution in [0, 0.1) is 0 Å². The van der Waals surface area contributed by atoms with Gasteiger partial charge in [0.15, 0.2) is 0 Å². The lowest BCUT2D eigenvalue weighted by atomic mass is 10.1. The van der Waals surface area contributed by atoms with Crippen molar-refractivity contribution in [3.63, 3.8) is 0 Å². The first kappa shape index (κ1) is 21.9. The van der Waals surface area contributed by atoms with E-state index in [-0.39, 0.29) is 34.8 Å². The molecule has 2 fully saturated rings. The minimum Gasteiger partial charge on any atom is -0.496 e. The predicted molar refractivity (Wildman–Crippen MR) is 103 cm³/mol. The number of methoxy groups -OCH3 is 1. The molecule has 2 heterocycles. The highest BCUT2D eigenvalue weighted by Gasteiger charge is 2.30. The van der Waals surface area contributed by atoms with E-state index in [1.807, 2.05) is 0 Å². The maximum atomic E-state index is 13.0. The predicted octanol–water partition coefficient (Wildman–Crippen LogP) is 0.572. The molecule has 1 N–H and O–H groups in total. The first-order valence-corrected chi connectivity index (χ1v) is 10.1. The molecular weight excluding hydrogens is 394 g/mol. The normalized spacial score (nSPS) is 20.7. The molecule has 0 aromatic heterocycles. The first-order chi connectivity index (χ1) is 12.4. The van der Waals surface area contributed by atoms with Crippen molar-refractivity contribution < 1.29 is 22.7 Å². The van der Waals surface area contributed by atoms with Crippen molar-refractivity contribution in [2.75, 3.05) is 53.6 Å². The van der Waals surface area contributed by atoms with E-state index in [2.05, 4.69) is 5.32 Å². The van der Waals surface area contributed by atoms with Crippen molar-refractivity contribution in [3.8, 4) is 5.75 Å². The monoisotopic (exact) mass is 419 g/mol. The topological polar surface area (TPSA) is 88.2 Å². The zero-order valence-electron chi connectivity index (χ0n) is 15.5. The van der Waals surface area contributed by atoms with Crippen molar-refractivity contribution in [1.29, 1.82) is 0 Å². The Bertz CT molecular complexity index is 762. The Labute approximate surface area is 166 Å². The Morgan fingerprint density at radius 1 is 1.33 bits per heavy atom. The lowest BCUT2D eigenvalue weighted by Gasteiger charge is -2.27. The quantitative estimate of drug-likeness (QED) is 0.750. The van der Waals surface area contributed by atoms with E-state index >= 15 is 0 Å². The highest BCUT2D eigenvalue weighted by Crippen LogP contribution is 2.27. The second kappa shape index (κ2) is 9.20. The molecule has 0 aliphatic carbocycles. The van der Waals surface area contributed by atoms with Gasteiger partial charge in [0.1, 0.15) is 5.75 Å². The summed E-state index contributed by atoms with van der Waals surface area (Å²) in [5.74, 6) is 0.128. The number of sulfonamides is 1. The third-order valence-electron chi connectivity index (χ3n) is 4.91. The van der Waals surface area contributed by atoms with Gasteiger partial charge < -0.3 is 19.7 Å². The molecule has 1 aromatic rings. The Morgan fingerprint density at radius 2 is 2.04 bits per heavy atom. The molecule has 2 aliphatic rings. The number of nitrogens with zero attached hydrogens (tertiary/aromatic N) is 2. The molecule has 3 rings (SSSR count). The number of benzene rings is 1. The Balaban J connectivity index is 0.00000261. The molecule has 0 saturated carbocycles. The Kier molecular flexibility index (Phi) is 7.47. The molecule has 10 heteroatoms. The van der Waals surface area contributed by atoms with Gasteiger partial charge in [-0.05, 0) is 31.2 Å². The van der Waals surface area contributed by atoms with Crippen molar-refractivity contribution in [2.24, 2.45) is 0 Å². The van der Waals surface area contributed by atoms with Crippen LogP contribution in [-0.4, -0.2) is 83.1 Å². The summed E-state index contributed by atoms with van der Waals surface area (Å²) in [6.45, 7) is 2.97. The summed E-state index contributed by atoms with van der Waals surface area (Å²) in [4.78, 5) is 14.7. The molecule has 1 atom stereocenters. The minimum atomic E-state index is -3.67. The van der Waals surface area contributed by atoms with Crippen LogP contribution in [0.15, 0.2) is 23.1 Å². The van der Waals surface area contributed by atoms with Gasteiger partial charge in [-0.3, -0.25) is 4.79 Å². The van der Waals surface area contributed by atoms with E-state index in [1.54, 1.807) is 18.0 Å². The number of carbonyl (C=O) groups is 1. The molecular formula is C17H26ClN3O5S. The number of hydrogen-bond donors (Lipinski definition) is 1. The van der Waals surface area contributed by atoms with E-state index in [0.29, 0.717) is 32.1 Å². The SMILES string of the molecule is COc1ccc(S(=O)(=O)N2CCOCC2)cc1C(=O)N(C)C1CCNC1.Cl. The lowest BCUT2D eigenvalue weighted by Crippen LogP contribution is -2.41. The van der Waals surface area contributed by atoms with E-state index < -0.39 is 10.0 Å². The fourth-order valence-electron chi connectivity index (χ4n) is 3.28. The van der Waals surface area contributed by atoms with Gasteiger partial charge in [-0.1, -0.05) is 0 Å². The molecule has 0 bridgehead atoms. The fraction of sp³-hybridized carbons (Fsp3) is 0.588. The summed E-state index contributed by atoms with van der Waals surface area (Å²) in [6, 6.07) is 4.54. The fourth-order valence-corrected chi connectivity index (χ4v) is 4.71. The van der Waals surface area contributed by atoms with Crippen molar-refractivity contribution in [1.82, 2.24) is 14.5 Å². The summed E-state index contributed by atoms with van der Waals surface area (Å²) >= 11 is 0. The van der Waals surface area contributed by atoms with Crippen LogP contribution >= 0.6 is 12.4 Å². The van der Waals surface area contributed by atoms with Gasteiger partial charge in [-0.15, -0.1) is 12.4 Å². The number of nitrogens with one attached hydrogen (secondary N) is 1. The van der Waals surface area contributed by atoms with Crippen LogP contribution in [0.4, 0.5) is 0 Å². The maximum Gasteiger partial charge on any atom is 0.257 e. The summed E-state index contributed by atoms with van der Waals surface area (Å²) in [7, 11) is -0.463. The smallest absolute Gasteiger partial charge is 0.257 e. The third kappa shape index (κ3) is 4.55. The molecule has 1 amide bonds. The van der Waals surface area contributed by atoms with E-state index in [4.69, 9.17) is 9.47 Å². The number of hydrogen-bond acceptors (Lipinski definition) is 6. The zero-order chi connectivity index (χ0) is 18.7. The molecule has 0 spiro atoms. The van der Waals surface area contributed by atoms with Crippen LogP contribution in [-0.2, 0) is 14.8 Å². The van der Waals surface area contributed by atoms with Gasteiger partial charge >= 0.3 is 0 Å². The number of amides is 1. The van der Waals surface area contributed by atoms with Crippen molar-refractivity contribution in [2.45, 2.75) is 17.4 Å². The number of morpholine rings is 1. The molecule has 2 aliphatic heterocycles. The summed E-state index contributed by atoms with van der Waals surface area (Å²) in [5, 5.41) is 3.23. The molecule has 152 valence electrons. The van der Waals surface area contributed by atoms with Crippen LogP contribution in [0.3, 0.4) is 0 Å².